The van der Waals surface area contributed by atoms with Crippen LogP contribution in [0.1, 0.15) is 33.6 Å². The Morgan fingerprint density at radius 2 is 2.05 bits per heavy atom. The van der Waals surface area contributed by atoms with Crippen LogP contribution in [0.25, 0.3) is 0 Å². The summed E-state index contributed by atoms with van der Waals surface area (Å²) in [7, 11) is 1.73. The predicted molar refractivity (Wildman–Crippen MR) is 84.8 cm³/mol. The fourth-order valence-corrected chi connectivity index (χ4v) is 3.62. The topological polar surface area (TPSA) is 49.3 Å². The Morgan fingerprint density at radius 1 is 1.29 bits per heavy atom. The van der Waals surface area contributed by atoms with Gasteiger partial charge >= 0.3 is 0 Å². The van der Waals surface area contributed by atoms with Crippen LogP contribution in [-0.2, 0) is 18.9 Å². The molecule has 0 aromatic carbocycles. The summed E-state index contributed by atoms with van der Waals surface area (Å²) in [6.07, 6.45) is 3.45. The van der Waals surface area contributed by atoms with Crippen molar-refractivity contribution in [2.45, 2.75) is 64.3 Å². The van der Waals surface area contributed by atoms with Gasteiger partial charge < -0.3 is 18.9 Å². The molecule has 0 aromatic heterocycles. The standard InChI is InChI=1S/C15H27NO4S/c1-9-8-13(19-10(2)14(9)16-21-5)20-15-11(3)18-7-6-12(15)17-4/h9-13,15H,6-8H2,1-5H3/b16-14-/t9?,10?,11?,12?,13-,15-/m0/s1. The first-order valence-electron chi connectivity index (χ1n) is 7.63. The van der Waals surface area contributed by atoms with Crippen molar-refractivity contribution in [3.05, 3.63) is 0 Å². The normalized spacial score (nSPS) is 43.2. The quantitative estimate of drug-likeness (QED) is 0.746. The summed E-state index contributed by atoms with van der Waals surface area (Å²) >= 11 is 1.48. The van der Waals surface area contributed by atoms with Gasteiger partial charge in [0.05, 0.1) is 24.0 Å². The van der Waals surface area contributed by atoms with Gasteiger partial charge in [0.2, 0.25) is 0 Å². The number of methoxy groups -OCH3 is 1. The van der Waals surface area contributed by atoms with Gasteiger partial charge in [0.1, 0.15) is 6.10 Å². The second-order valence-electron chi connectivity index (χ2n) is 5.78. The highest BCUT2D eigenvalue weighted by Gasteiger charge is 2.38. The maximum absolute atomic E-state index is 6.18. The zero-order chi connectivity index (χ0) is 15.4. The molecule has 2 aliphatic rings. The molecular weight excluding hydrogens is 290 g/mol. The van der Waals surface area contributed by atoms with E-state index < -0.39 is 0 Å². The average Bonchev–Trinajstić information content (AvgIpc) is 2.45. The summed E-state index contributed by atoms with van der Waals surface area (Å²) in [5.41, 5.74) is 1.11. The minimum absolute atomic E-state index is 0.00740. The Hall–Kier alpha value is -0.140. The molecule has 5 nitrogen and oxygen atoms in total. The third kappa shape index (κ3) is 4.20. The lowest BCUT2D eigenvalue weighted by Crippen LogP contribution is -2.50. The van der Waals surface area contributed by atoms with Gasteiger partial charge in [-0.1, -0.05) is 6.92 Å². The van der Waals surface area contributed by atoms with Gasteiger partial charge in [-0.25, -0.2) is 4.40 Å². The van der Waals surface area contributed by atoms with Crippen LogP contribution < -0.4 is 0 Å². The summed E-state index contributed by atoms with van der Waals surface area (Å²) in [5.74, 6) is 0.368. The summed E-state index contributed by atoms with van der Waals surface area (Å²) < 4.78 is 27.9. The Bertz CT molecular complexity index is 352. The van der Waals surface area contributed by atoms with Gasteiger partial charge in [-0.15, -0.1) is 0 Å². The van der Waals surface area contributed by atoms with Gasteiger partial charge in [-0.05, 0) is 32.2 Å². The molecule has 0 bridgehead atoms. The molecule has 2 fully saturated rings. The molecule has 2 rings (SSSR count). The van der Waals surface area contributed by atoms with Crippen LogP contribution in [0.2, 0.25) is 0 Å². The van der Waals surface area contributed by atoms with Crippen molar-refractivity contribution in [3.8, 4) is 0 Å². The van der Waals surface area contributed by atoms with Crippen molar-refractivity contribution in [2.24, 2.45) is 10.3 Å². The Balaban J connectivity index is 1.98. The molecule has 0 aromatic rings. The van der Waals surface area contributed by atoms with Gasteiger partial charge in [0.25, 0.3) is 0 Å². The predicted octanol–water partition coefficient (Wildman–Crippen LogP) is 2.69. The molecule has 2 heterocycles. The molecule has 2 saturated heterocycles. The second kappa shape index (κ2) is 7.92. The highest BCUT2D eigenvalue weighted by Crippen LogP contribution is 2.29. The number of rotatable bonds is 4. The maximum Gasteiger partial charge on any atom is 0.159 e. The SMILES string of the molecule is COC1CCOC(C)[C@@H]1O[C@H]1CC(C)/C(=N/SC)C(C)O1. The van der Waals surface area contributed by atoms with Crippen molar-refractivity contribution in [2.75, 3.05) is 20.0 Å². The lowest BCUT2D eigenvalue weighted by Gasteiger charge is -2.40. The van der Waals surface area contributed by atoms with E-state index in [1.54, 1.807) is 7.11 Å². The minimum atomic E-state index is -0.220. The van der Waals surface area contributed by atoms with Crippen LogP contribution in [0.3, 0.4) is 0 Å². The first kappa shape index (κ1) is 17.2. The molecule has 6 atom stereocenters. The highest BCUT2D eigenvalue weighted by atomic mass is 32.2. The van der Waals surface area contributed by atoms with E-state index in [0.717, 1.165) is 25.2 Å². The number of ether oxygens (including phenoxy) is 4. The van der Waals surface area contributed by atoms with Crippen molar-refractivity contribution >= 4 is 17.7 Å². The van der Waals surface area contributed by atoms with Gasteiger partial charge in [-0.2, -0.15) is 0 Å². The highest BCUT2D eigenvalue weighted by molar-refractivity contribution is 7.97. The first-order chi connectivity index (χ1) is 10.1. The van der Waals surface area contributed by atoms with Crippen molar-refractivity contribution in [1.82, 2.24) is 0 Å². The number of hydrogen-bond donors (Lipinski definition) is 0. The molecule has 0 radical (unpaired) electrons. The van der Waals surface area contributed by atoms with Gasteiger partial charge in [0, 0.05) is 32.3 Å². The van der Waals surface area contributed by atoms with Crippen molar-refractivity contribution < 1.29 is 18.9 Å². The molecule has 0 spiro atoms. The van der Waals surface area contributed by atoms with E-state index >= 15 is 0 Å². The fraction of sp³-hybridized carbons (Fsp3) is 0.933. The van der Waals surface area contributed by atoms with Gasteiger partial charge in [-0.3, -0.25) is 0 Å². The molecule has 6 heteroatoms. The zero-order valence-corrected chi connectivity index (χ0v) is 14.4. The molecule has 0 saturated carbocycles. The van der Waals surface area contributed by atoms with E-state index in [1.807, 2.05) is 20.1 Å². The van der Waals surface area contributed by atoms with E-state index in [0.29, 0.717) is 5.92 Å². The largest absolute Gasteiger partial charge is 0.379 e. The molecule has 0 amide bonds. The summed E-state index contributed by atoms with van der Waals surface area (Å²) in [5, 5.41) is 0. The Morgan fingerprint density at radius 3 is 2.67 bits per heavy atom. The van der Waals surface area contributed by atoms with E-state index in [-0.39, 0.29) is 30.7 Å². The lowest BCUT2D eigenvalue weighted by atomic mass is 9.94. The van der Waals surface area contributed by atoms with Crippen LogP contribution in [0, 0.1) is 5.92 Å². The van der Waals surface area contributed by atoms with Crippen LogP contribution in [-0.4, -0.2) is 56.4 Å². The number of nitrogens with zero attached hydrogens (tertiary/aromatic N) is 1. The van der Waals surface area contributed by atoms with E-state index in [4.69, 9.17) is 18.9 Å². The third-order valence-electron chi connectivity index (χ3n) is 4.24. The van der Waals surface area contributed by atoms with Crippen molar-refractivity contribution in [3.63, 3.8) is 0 Å². The minimum Gasteiger partial charge on any atom is -0.379 e. The lowest BCUT2D eigenvalue weighted by molar-refractivity contribution is -0.251. The van der Waals surface area contributed by atoms with Crippen LogP contribution >= 0.6 is 11.9 Å². The summed E-state index contributed by atoms with van der Waals surface area (Å²) in [6, 6.07) is 0. The van der Waals surface area contributed by atoms with Crippen LogP contribution in [0.4, 0.5) is 0 Å². The Kier molecular flexibility index (Phi) is 6.50. The zero-order valence-electron chi connectivity index (χ0n) is 13.6. The Labute approximate surface area is 131 Å². The average molecular weight is 317 g/mol. The molecule has 0 N–H and O–H groups in total. The third-order valence-corrected chi connectivity index (χ3v) is 4.64. The molecule has 4 unspecified atom stereocenters. The molecular formula is C15H27NO4S. The van der Waals surface area contributed by atoms with Crippen LogP contribution in [0.5, 0.6) is 0 Å². The molecule has 0 aliphatic carbocycles. The molecule has 2 aliphatic heterocycles. The van der Waals surface area contributed by atoms with Gasteiger partial charge in [0.15, 0.2) is 6.29 Å². The second-order valence-corrected chi connectivity index (χ2v) is 6.33. The monoisotopic (exact) mass is 317 g/mol. The fourth-order valence-electron chi connectivity index (χ4n) is 3.08. The smallest absolute Gasteiger partial charge is 0.159 e. The van der Waals surface area contributed by atoms with E-state index in [2.05, 4.69) is 11.3 Å². The molecule has 122 valence electrons. The van der Waals surface area contributed by atoms with Crippen LogP contribution in [0.15, 0.2) is 4.40 Å². The molecule has 21 heavy (non-hydrogen) atoms. The summed E-state index contributed by atoms with van der Waals surface area (Å²) in [4.78, 5) is 0. The maximum atomic E-state index is 6.18. The summed E-state index contributed by atoms with van der Waals surface area (Å²) in [6.45, 7) is 6.98. The van der Waals surface area contributed by atoms with E-state index in [1.165, 1.54) is 11.9 Å². The first-order valence-corrected chi connectivity index (χ1v) is 8.81. The number of hydrogen-bond acceptors (Lipinski definition) is 6. The van der Waals surface area contributed by atoms with Crippen molar-refractivity contribution in [1.29, 1.82) is 0 Å². The van der Waals surface area contributed by atoms with E-state index in [9.17, 15) is 0 Å².